The highest BCUT2D eigenvalue weighted by atomic mass is 32.2. The first-order valence-electron chi connectivity index (χ1n) is 6.73. The molecule has 2 saturated carbocycles. The van der Waals surface area contributed by atoms with E-state index in [1.54, 1.807) is 0 Å². The van der Waals surface area contributed by atoms with E-state index in [0.717, 1.165) is 19.3 Å². The first-order chi connectivity index (χ1) is 9.47. The SMILES string of the molecule is O=[N+]([O-])c1ccccc1S(=O)(=O)N[C@@H]1C[C@@H]2CC[C@H]1C2. The Kier molecular flexibility index (Phi) is 3.25. The van der Waals surface area contributed by atoms with Crippen molar-refractivity contribution in [1.82, 2.24) is 4.72 Å². The molecular formula is C13H16N2O4S. The second-order valence-corrected chi connectivity index (χ2v) is 7.31. The minimum Gasteiger partial charge on any atom is -0.258 e. The maximum atomic E-state index is 12.4. The van der Waals surface area contributed by atoms with Gasteiger partial charge in [0.25, 0.3) is 5.69 Å². The van der Waals surface area contributed by atoms with E-state index in [9.17, 15) is 18.5 Å². The molecule has 1 N–H and O–H groups in total. The molecule has 0 radical (unpaired) electrons. The molecule has 20 heavy (non-hydrogen) atoms. The van der Waals surface area contributed by atoms with Gasteiger partial charge in [-0.1, -0.05) is 18.6 Å². The molecule has 0 saturated heterocycles. The molecule has 1 aromatic rings. The van der Waals surface area contributed by atoms with Crippen molar-refractivity contribution >= 4 is 15.7 Å². The third-order valence-corrected chi connectivity index (χ3v) is 5.93. The summed E-state index contributed by atoms with van der Waals surface area (Å²) in [6.45, 7) is 0. The highest BCUT2D eigenvalue weighted by Gasteiger charge is 2.42. The van der Waals surface area contributed by atoms with Gasteiger partial charge in [-0.05, 0) is 37.2 Å². The molecule has 0 aliphatic heterocycles. The quantitative estimate of drug-likeness (QED) is 0.680. The van der Waals surface area contributed by atoms with Crippen molar-refractivity contribution < 1.29 is 13.3 Å². The molecule has 2 aliphatic rings. The first-order valence-corrected chi connectivity index (χ1v) is 8.21. The molecular weight excluding hydrogens is 280 g/mol. The van der Waals surface area contributed by atoms with E-state index in [-0.39, 0.29) is 16.6 Å². The van der Waals surface area contributed by atoms with E-state index in [4.69, 9.17) is 0 Å². The summed E-state index contributed by atoms with van der Waals surface area (Å²) in [7, 11) is -3.83. The maximum absolute atomic E-state index is 12.4. The van der Waals surface area contributed by atoms with Gasteiger partial charge in [-0.3, -0.25) is 10.1 Å². The van der Waals surface area contributed by atoms with Crippen molar-refractivity contribution in [2.45, 2.75) is 36.6 Å². The number of benzene rings is 1. The van der Waals surface area contributed by atoms with Gasteiger partial charge in [0.2, 0.25) is 10.0 Å². The smallest absolute Gasteiger partial charge is 0.258 e. The van der Waals surface area contributed by atoms with Crippen LogP contribution >= 0.6 is 0 Å². The second kappa shape index (κ2) is 4.82. The summed E-state index contributed by atoms with van der Waals surface area (Å²) in [6.07, 6.45) is 4.15. The zero-order valence-corrected chi connectivity index (χ0v) is 11.7. The molecule has 0 spiro atoms. The van der Waals surface area contributed by atoms with E-state index in [2.05, 4.69) is 4.72 Å². The summed E-state index contributed by atoms with van der Waals surface area (Å²) in [5.41, 5.74) is -0.372. The predicted octanol–water partition coefficient (Wildman–Crippen LogP) is 2.06. The zero-order valence-electron chi connectivity index (χ0n) is 10.9. The standard InChI is InChI=1S/C13H16N2O4S/c16-15(17)12-3-1-2-4-13(12)20(18,19)14-11-8-9-5-6-10(11)7-9/h1-4,9-11,14H,5-8H2/t9-,10+,11-/m1/s1. The Hall–Kier alpha value is -1.47. The topological polar surface area (TPSA) is 89.3 Å². The summed E-state index contributed by atoms with van der Waals surface area (Å²) in [5.74, 6) is 0.996. The van der Waals surface area contributed by atoms with Gasteiger partial charge in [0.15, 0.2) is 4.90 Å². The molecule has 2 aliphatic carbocycles. The number of sulfonamides is 1. The Morgan fingerprint density at radius 1 is 1.20 bits per heavy atom. The minimum absolute atomic E-state index is 0.0708. The fraction of sp³-hybridized carbons (Fsp3) is 0.538. The molecule has 3 rings (SSSR count). The first kappa shape index (κ1) is 13.5. The number of hydrogen-bond acceptors (Lipinski definition) is 4. The van der Waals surface area contributed by atoms with Crippen molar-refractivity contribution in [3.8, 4) is 0 Å². The van der Waals surface area contributed by atoms with Crippen LogP contribution in [0.2, 0.25) is 0 Å². The van der Waals surface area contributed by atoms with Crippen LogP contribution in [0.25, 0.3) is 0 Å². The Balaban J connectivity index is 1.87. The van der Waals surface area contributed by atoms with E-state index < -0.39 is 14.9 Å². The molecule has 0 amide bonds. The summed E-state index contributed by atoms with van der Waals surface area (Å²) in [6, 6.07) is 5.40. The number of fused-ring (bicyclic) bond motifs is 2. The Labute approximate surface area is 117 Å². The fourth-order valence-corrected chi connectivity index (χ4v) is 4.98. The van der Waals surface area contributed by atoms with E-state index >= 15 is 0 Å². The van der Waals surface area contributed by atoms with Crippen molar-refractivity contribution in [3.63, 3.8) is 0 Å². The van der Waals surface area contributed by atoms with E-state index in [1.807, 2.05) is 0 Å². The lowest BCUT2D eigenvalue weighted by molar-refractivity contribution is -0.387. The number of hydrogen-bond donors (Lipinski definition) is 1. The predicted molar refractivity (Wildman–Crippen MR) is 72.7 cm³/mol. The lowest BCUT2D eigenvalue weighted by Gasteiger charge is -2.22. The molecule has 3 atom stereocenters. The molecule has 108 valence electrons. The summed E-state index contributed by atoms with van der Waals surface area (Å²) >= 11 is 0. The Morgan fingerprint density at radius 3 is 2.55 bits per heavy atom. The van der Waals surface area contributed by atoms with E-state index in [0.29, 0.717) is 11.8 Å². The van der Waals surface area contributed by atoms with Gasteiger partial charge in [0.05, 0.1) is 4.92 Å². The van der Waals surface area contributed by atoms with E-state index in [1.165, 1.54) is 30.7 Å². The third kappa shape index (κ3) is 2.31. The third-order valence-electron chi connectivity index (χ3n) is 4.40. The number of para-hydroxylation sites is 1. The van der Waals surface area contributed by atoms with Crippen LogP contribution < -0.4 is 4.72 Å². The number of nitro benzene ring substituents is 1. The monoisotopic (exact) mass is 296 g/mol. The van der Waals surface area contributed by atoms with Crippen LogP contribution in [-0.4, -0.2) is 19.4 Å². The highest BCUT2D eigenvalue weighted by Crippen LogP contribution is 2.45. The van der Waals surface area contributed by atoms with Crippen LogP contribution in [0.15, 0.2) is 29.2 Å². The molecule has 6 nitrogen and oxygen atoms in total. The lowest BCUT2D eigenvalue weighted by Crippen LogP contribution is -2.38. The van der Waals surface area contributed by atoms with Crippen LogP contribution in [0.1, 0.15) is 25.7 Å². The molecule has 7 heteroatoms. The minimum atomic E-state index is -3.83. The second-order valence-electron chi connectivity index (χ2n) is 5.63. The molecule has 2 bridgehead atoms. The average Bonchev–Trinajstić information content (AvgIpc) is 3.00. The van der Waals surface area contributed by atoms with Gasteiger partial charge >= 0.3 is 0 Å². The van der Waals surface area contributed by atoms with Crippen molar-refractivity contribution in [2.24, 2.45) is 11.8 Å². The summed E-state index contributed by atoms with van der Waals surface area (Å²) in [5, 5.41) is 10.9. The largest absolute Gasteiger partial charge is 0.289 e. The molecule has 0 aromatic heterocycles. The van der Waals surface area contributed by atoms with Gasteiger partial charge in [-0.2, -0.15) is 0 Å². The van der Waals surface area contributed by atoms with Crippen LogP contribution in [0.4, 0.5) is 5.69 Å². The van der Waals surface area contributed by atoms with Crippen molar-refractivity contribution in [1.29, 1.82) is 0 Å². The fourth-order valence-electron chi connectivity index (χ4n) is 3.49. The maximum Gasteiger partial charge on any atom is 0.289 e. The average molecular weight is 296 g/mol. The zero-order chi connectivity index (χ0) is 14.3. The Bertz CT molecular complexity index is 644. The van der Waals surface area contributed by atoms with Crippen LogP contribution in [0.5, 0.6) is 0 Å². The van der Waals surface area contributed by atoms with Gasteiger partial charge in [0.1, 0.15) is 0 Å². The van der Waals surface area contributed by atoms with Crippen molar-refractivity contribution in [2.75, 3.05) is 0 Å². The van der Waals surface area contributed by atoms with Gasteiger partial charge in [0, 0.05) is 12.1 Å². The normalized spacial score (nSPS) is 28.7. The molecule has 2 fully saturated rings. The van der Waals surface area contributed by atoms with Crippen molar-refractivity contribution in [3.05, 3.63) is 34.4 Å². The number of rotatable bonds is 4. The summed E-state index contributed by atoms with van der Waals surface area (Å²) < 4.78 is 27.4. The highest BCUT2D eigenvalue weighted by molar-refractivity contribution is 7.89. The van der Waals surface area contributed by atoms with Gasteiger partial charge in [-0.25, -0.2) is 13.1 Å². The number of nitro groups is 1. The van der Waals surface area contributed by atoms with Gasteiger partial charge < -0.3 is 0 Å². The Morgan fingerprint density at radius 2 is 1.95 bits per heavy atom. The lowest BCUT2D eigenvalue weighted by atomic mass is 9.96. The van der Waals surface area contributed by atoms with Crippen LogP contribution in [-0.2, 0) is 10.0 Å². The number of nitrogens with zero attached hydrogens (tertiary/aromatic N) is 1. The molecule has 0 heterocycles. The molecule has 0 unspecified atom stereocenters. The summed E-state index contributed by atoms with van der Waals surface area (Å²) in [4.78, 5) is 10.0. The van der Waals surface area contributed by atoms with Crippen LogP contribution in [0.3, 0.4) is 0 Å². The van der Waals surface area contributed by atoms with Crippen LogP contribution in [0, 0.1) is 22.0 Å². The number of nitrogens with one attached hydrogen (secondary N) is 1. The molecule has 1 aromatic carbocycles. The van der Waals surface area contributed by atoms with Gasteiger partial charge in [-0.15, -0.1) is 0 Å².